The van der Waals surface area contributed by atoms with E-state index in [1.165, 1.54) is 25.2 Å². The number of halogens is 3. The quantitative estimate of drug-likeness (QED) is 0.781. The van der Waals surface area contributed by atoms with Crippen LogP contribution in [0.2, 0.25) is 0 Å². The van der Waals surface area contributed by atoms with Crippen LogP contribution in [0.15, 0.2) is 30.3 Å². The molecule has 0 saturated carbocycles. The van der Waals surface area contributed by atoms with Gasteiger partial charge in [0, 0.05) is 29.3 Å². The van der Waals surface area contributed by atoms with Crippen LogP contribution in [0.5, 0.6) is 0 Å². The van der Waals surface area contributed by atoms with Crippen molar-refractivity contribution in [3.8, 4) is 23.5 Å². The first kappa shape index (κ1) is 17.1. The summed E-state index contributed by atoms with van der Waals surface area (Å²) < 4.78 is 41.6. The first-order chi connectivity index (χ1) is 11.7. The van der Waals surface area contributed by atoms with E-state index in [1.54, 1.807) is 13.0 Å². The predicted octanol–water partition coefficient (Wildman–Crippen LogP) is 3.11. The fourth-order valence-corrected chi connectivity index (χ4v) is 3.37. The van der Waals surface area contributed by atoms with Crippen LogP contribution >= 0.6 is 0 Å². The van der Waals surface area contributed by atoms with E-state index in [0.29, 0.717) is 5.56 Å². The number of carbonyl (C=O) groups excluding carboxylic acids is 1. The third-order valence-electron chi connectivity index (χ3n) is 4.58. The number of fused-ring (bicyclic) bond motifs is 3. The van der Waals surface area contributed by atoms with Crippen molar-refractivity contribution in [2.75, 3.05) is 7.05 Å². The fraction of sp³-hybridized carbons (Fsp3) is 0.211. The second kappa shape index (κ2) is 5.36. The fourth-order valence-electron chi connectivity index (χ4n) is 3.37. The molecule has 0 aromatic heterocycles. The molecule has 2 N–H and O–H groups in total. The Balaban J connectivity index is 2.55. The van der Waals surface area contributed by atoms with E-state index in [9.17, 15) is 23.1 Å². The van der Waals surface area contributed by atoms with E-state index < -0.39 is 23.2 Å². The summed E-state index contributed by atoms with van der Waals surface area (Å²) in [5.74, 6) is 1.74. The maximum absolute atomic E-state index is 13.9. The molecule has 0 bridgehead atoms. The highest BCUT2D eigenvalue weighted by molar-refractivity contribution is 6.05. The summed E-state index contributed by atoms with van der Waals surface area (Å²) >= 11 is 0. The van der Waals surface area contributed by atoms with Crippen LogP contribution in [0, 0.1) is 19.3 Å². The van der Waals surface area contributed by atoms with Gasteiger partial charge in [-0.2, -0.15) is 13.2 Å². The molecule has 3 nitrogen and oxygen atoms in total. The first-order valence-electron chi connectivity index (χ1n) is 7.44. The van der Waals surface area contributed by atoms with E-state index in [0.717, 1.165) is 6.07 Å². The lowest BCUT2D eigenvalue weighted by Gasteiger charge is -2.29. The zero-order valence-electron chi connectivity index (χ0n) is 13.5. The van der Waals surface area contributed by atoms with Gasteiger partial charge in [-0.25, -0.2) is 0 Å². The number of hydrogen-bond donors (Lipinski definition) is 2. The highest BCUT2D eigenvalue weighted by atomic mass is 19.4. The van der Waals surface area contributed by atoms with Gasteiger partial charge >= 0.3 is 6.18 Å². The van der Waals surface area contributed by atoms with Crippen LogP contribution in [-0.2, 0) is 5.60 Å². The molecular weight excluding hydrogens is 331 g/mol. The number of nitrogens with one attached hydrogen (secondary N) is 1. The molecular formula is C19H14F3NO2. The molecule has 2 aromatic carbocycles. The lowest BCUT2D eigenvalue weighted by molar-refractivity contribution is -0.246. The average molecular weight is 345 g/mol. The molecule has 25 heavy (non-hydrogen) atoms. The van der Waals surface area contributed by atoms with Crippen LogP contribution in [-0.4, -0.2) is 24.2 Å². The third-order valence-corrected chi connectivity index (χ3v) is 4.58. The maximum Gasteiger partial charge on any atom is 0.425 e. The summed E-state index contributed by atoms with van der Waals surface area (Å²) in [6.45, 7) is 1.58. The minimum absolute atomic E-state index is 0.0422. The molecule has 0 spiro atoms. The Morgan fingerprint density at radius 3 is 2.48 bits per heavy atom. The Morgan fingerprint density at radius 1 is 1.28 bits per heavy atom. The number of terminal acetylenes is 1. The van der Waals surface area contributed by atoms with E-state index in [-0.39, 0.29) is 27.8 Å². The topological polar surface area (TPSA) is 49.3 Å². The van der Waals surface area contributed by atoms with Crippen LogP contribution in [0.25, 0.3) is 11.1 Å². The van der Waals surface area contributed by atoms with Gasteiger partial charge in [0.05, 0.1) is 5.56 Å². The van der Waals surface area contributed by atoms with E-state index in [4.69, 9.17) is 6.42 Å². The van der Waals surface area contributed by atoms with Gasteiger partial charge in [0.25, 0.3) is 5.91 Å². The van der Waals surface area contributed by atoms with Crippen molar-refractivity contribution in [2.45, 2.75) is 18.7 Å². The summed E-state index contributed by atoms with van der Waals surface area (Å²) in [6.07, 6.45) is 0.437. The summed E-state index contributed by atoms with van der Waals surface area (Å²) in [6, 6.07) is 6.78. The monoisotopic (exact) mass is 345 g/mol. The zero-order chi connectivity index (χ0) is 18.6. The smallest absolute Gasteiger partial charge is 0.372 e. The summed E-state index contributed by atoms with van der Waals surface area (Å²) in [5, 5.41) is 13.1. The maximum atomic E-state index is 13.9. The predicted molar refractivity (Wildman–Crippen MR) is 87.0 cm³/mol. The Labute approximate surface area is 142 Å². The summed E-state index contributed by atoms with van der Waals surface area (Å²) in [7, 11) is 1.38. The number of carbonyl (C=O) groups is 1. The largest absolute Gasteiger partial charge is 0.425 e. The lowest BCUT2D eigenvalue weighted by atomic mass is 9.86. The molecule has 1 amide bonds. The Kier molecular flexibility index (Phi) is 3.66. The third kappa shape index (κ3) is 2.09. The highest BCUT2D eigenvalue weighted by Gasteiger charge is 2.61. The van der Waals surface area contributed by atoms with Crippen LogP contribution < -0.4 is 5.32 Å². The number of benzene rings is 2. The van der Waals surface area contributed by atoms with E-state index in [2.05, 4.69) is 11.2 Å². The first-order valence-corrected chi connectivity index (χ1v) is 7.44. The molecule has 1 unspecified atom stereocenters. The van der Waals surface area contributed by atoms with Crippen molar-refractivity contribution < 1.29 is 23.1 Å². The van der Waals surface area contributed by atoms with E-state index in [1.807, 2.05) is 0 Å². The number of amides is 1. The second-order valence-electron chi connectivity index (χ2n) is 5.82. The lowest BCUT2D eigenvalue weighted by Crippen LogP contribution is -2.41. The van der Waals surface area contributed by atoms with Crippen molar-refractivity contribution in [1.29, 1.82) is 0 Å². The molecule has 1 atom stereocenters. The number of aliphatic hydroxyl groups is 1. The number of alkyl halides is 3. The number of rotatable bonds is 1. The van der Waals surface area contributed by atoms with Gasteiger partial charge < -0.3 is 10.4 Å². The second-order valence-corrected chi connectivity index (χ2v) is 5.82. The average Bonchev–Trinajstić information content (AvgIpc) is 2.84. The van der Waals surface area contributed by atoms with Crippen molar-refractivity contribution >= 4 is 5.91 Å². The molecule has 1 aliphatic rings. The van der Waals surface area contributed by atoms with Crippen LogP contribution in [0.1, 0.15) is 32.6 Å². The van der Waals surface area contributed by atoms with Gasteiger partial charge in [-0.3, -0.25) is 4.79 Å². The SMILES string of the molecule is C#Cc1cc2c(c(C(=O)NC)c1C)-c1ccccc1C2(O)C(F)(F)F. The van der Waals surface area contributed by atoms with Gasteiger partial charge in [-0.1, -0.05) is 30.2 Å². The molecule has 128 valence electrons. The van der Waals surface area contributed by atoms with Gasteiger partial charge in [0.15, 0.2) is 0 Å². The van der Waals surface area contributed by atoms with Crippen LogP contribution in [0.4, 0.5) is 13.2 Å². The Bertz CT molecular complexity index is 941. The molecule has 0 fully saturated rings. The van der Waals surface area contributed by atoms with Crippen molar-refractivity contribution in [3.63, 3.8) is 0 Å². The van der Waals surface area contributed by atoms with Gasteiger partial charge in [0.1, 0.15) is 0 Å². The van der Waals surface area contributed by atoms with Gasteiger partial charge in [0.2, 0.25) is 5.60 Å². The zero-order valence-corrected chi connectivity index (χ0v) is 13.5. The highest BCUT2D eigenvalue weighted by Crippen LogP contribution is 2.56. The van der Waals surface area contributed by atoms with Crippen LogP contribution in [0.3, 0.4) is 0 Å². The van der Waals surface area contributed by atoms with Crippen molar-refractivity contribution in [1.82, 2.24) is 5.32 Å². The molecule has 2 aromatic rings. The Hall–Kier alpha value is -2.78. The van der Waals surface area contributed by atoms with Gasteiger partial charge in [-0.15, -0.1) is 6.42 Å². The van der Waals surface area contributed by atoms with Crippen molar-refractivity contribution in [2.24, 2.45) is 0 Å². The van der Waals surface area contributed by atoms with Crippen molar-refractivity contribution in [3.05, 3.63) is 58.1 Å². The number of hydrogen-bond acceptors (Lipinski definition) is 2. The standard InChI is InChI=1S/C19H14F3NO2/c1-4-11-9-14-16(15(10(11)2)17(24)23-3)12-7-5-6-8-13(12)18(14,25)19(20,21)22/h1,5-9,25H,2-3H3,(H,23,24). The molecule has 0 aliphatic heterocycles. The minimum atomic E-state index is -4.98. The van der Waals surface area contributed by atoms with Gasteiger partial charge in [-0.05, 0) is 24.1 Å². The molecule has 0 heterocycles. The molecule has 6 heteroatoms. The summed E-state index contributed by atoms with van der Waals surface area (Å²) in [5.41, 5.74) is -3.15. The van der Waals surface area contributed by atoms with E-state index >= 15 is 0 Å². The molecule has 1 aliphatic carbocycles. The minimum Gasteiger partial charge on any atom is -0.372 e. The Morgan fingerprint density at radius 2 is 1.92 bits per heavy atom. The summed E-state index contributed by atoms with van der Waals surface area (Å²) in [4.78, 5) is 12.4. The molecule has 0 radical (unpaired) electrons. The molecule has 3 rings (SSSR count). The molecule has 0 saturated heterocycles. The normalized spacial score (nSPS) is 18.3.